The van der Waals surface area contributed by atoms with E-state index in [1.165, 1.54) is 28.6 Å². The standard InChI is InChI=1S/C25H23F2N3O5S/c1-29(2)8-9-30(12-22(31)32)25(33)20-14-36-21(28-20)13-35-16-5-3-15(4-6-16)18-11-19(26)23(27)17-7-10-34-24(17)18/h3-7,10-11,14H,8-9,12-13H2,1-2H3,(H,31,32). The first-order valence-corrected chi connectivity index (χ1v) is 11.8. The number of halogens is 2. The average Bonchev–Trinajstić information content (AvgIpc) is 3.53. The third-order valence-corrected chi connectivity index (χ3v) is 6.18. The van der Waals surface area contributed by atoms with Gasteiger partial charge in [0.2, 0.25) is 0 Å². The molecule has 4 aromatic rings. The van der Waals surface area contributed by atoms with E-state index in [9.17, 15) is 18.4 Å². The Morgan fingerprint density at radius 1 is 1.14 bits per heavy atom. The summed E-state index contributed by atoms with van der Waals surface area (Å²) in [6.07, 6.45) is 1.31. The summed E-state index contributed by atoms with van der Waals surface area (Å²) in [7, 11) is 3.67. The average molecular weight is 516 g/mol. The smallest absolute Gasteiger partial charge is 0.323 e. The molecule has 8 nitrogen and oxygen atoms in total. The normalized spacial score (nSPS) is 11.2. The molecule has 0 atom stereocenters. The second-order valence-corrected chi connectivity index (χ2v) is 9.19. The van der Waals surface area contributed by atoms with Crippen molar-refractivity contribution in [1.82, 2.24) is 14.8 Å². The van der Waals surface area contributed by atoms with E-state index >= 15 is 0 Å². The molecule has 1 N–H and O–H groups in total. The van der Waals surface area contributed by atoms with Crippen LogP contribution in [0.3, 0.4) is 0 Å². The molecule has 188 valence electrons. The number of aliphatic carboxylic acids is 1. The number of likely N-dealkylation sites (N-methyl/N-ethyl adjacent to an activating group) is 1. The second kappa shape index (κ2) is 10.8. The zero-order valence-electron chi connectivity index (χ0n) is 19.5. The number of rotatable bonds is 10. The number of furan rings is 1. The molecule has 0 fully saturated rings. The summed E-state index contributed by atoms with van der Waals surface area (Å²) < 4.78 is 39.1. The molecule has 0 unspecified atom stereocenters. The van der Waals surface area contributed by atoms with Crippen LogP contribution in [0.4, 0.5) is 8.78 Å². The number of hydrogen-bond acceptors (Lipinski definition) is 7. The Kier molecular flexibility index (Phi) is 7.61. The molecule has 2 aromatic heterocycles. The van der Waals surface area contributed by atoms with Crippen molar-refractivity contribution in [1.29, 1.82) is 0 Å². The number of carboxylic acid groups (broad SMARTS) is 1. The van der Waals surface area contributed by atoms with E-state index in [1.807, 2.05) is 19.0 Å². The number of carbonyl (C=O) groups is 2. The van der Waals surface area contributed by atoms with Gasteiger partial charge in [-0.05, 0) is 43.9 Å². The first kappa shape index (κ1) is 25.3. The van der Waals surface area contributed by atoms with Crippen molar-refractivity contribution in [2.24, 2.45) is 0 Å². The number of nitrogens with zero attached hydrogens (tertiary/aromatic N) is 3. The minimum Gasteiger partial charge on any atom is -0.486 e. The van der Waals surface area contributed by atoms with Gasteiger partial charge in [-0.2, -0.15) is 0 Å². The molecule has 0 bridgehead atoms. The number of amides is 1. The summed E-state index contributed by atoms with van der Waals surface area (Å²) in [5.74, 6) is -2.95. The molecule has 0 saturated heterocycles. The van der Waals surface area contributed by atoms with Crippen molar-refractivity contribution in [2.75, 3.05) is 33.7 Å². The van der Waals surface area contributed by atoms with Gasteiger partial charge in [-0.3, -0.25) is 9.59 Å². The summed E-state index contributed by atoms with van der Waals surface area (Å²) in [5, 5.41) is 11.3. The molecule has 1 amide bonds. The molecule has 0 saturated carbocycles. The lowest BCUT2D eigenvalue weighted by Crippen LogP contribution is -2.40. The van der Waals surface area contributed by atoms with Crippen LogP contribution in [0.1, 0.15) is 15.5 Å². The van der Waals surface area contributed by atoms with Crippen molar-refractivity contribution in [2.45, 2.75) is 6.61 Å². The zero-order chi connectivity index (χ0) is 25.8. The number of benzene rings is 2. The molecule has 0 aliphatic carbocycles. The maximum Gasteiger partial charge on any atom is 0.323 e. The fraction of sp³-hybridized carbons (Fsp3) is 0.240. The zero-order valence-corrected chi connectivity index (χ0v) is 20.3. The second-order valence-electron chi connectivity index (χ2n) is 8.25. The lowest BCUT2D eigenvalue weighted by Gasteiger charge is -2.21. The fourth-order valence-electron chi connectivity index (χ4n) is 3.54. The minimum absolute atomic E-state index is 0.0723. The quantitative estimate of drug-likeness (QED) is 0.332. The summed E-state index contributed by atoms with van der Waals surface area (Å²) in [6.45, 7) is 0.466. The van der Waals surface area contributed by atoms with E-state index in [1.54, 1.807) is 29.6 Å². The topological polar surface area (TPSA) is 96.1 Å². The van der Waals surface area contributed by atoms with Crippen LogP contribution in [0.15, 0.2) is 52.5 Å². The Balaban J connectivity index is 1.42. The molecule has 0 aliphatic rings. The maximum absolute atomic E-state index is 14.0. The molecule has 0 aliphatic heterocycles. The largest absolute Gasteiger partial charge is 0.486 e. The molecule has 2 aromatic carbocycles. The highest BCUT2D eigenvalue weighted by Crippen LogP contribution is 2.33. The number of carbonyl (C=O) groups excluding carboxylic acids is 1. The van der Waals surface area contributed by atoms with Crippen LogP contribution in [-0.4, -0.2) is 65.5 Å². The number of thiazole rings is 1. The lowest BCUT2D eigenvalue weighted by molar-refractivity contribution is -0.137. The Labute approximate surface area is 209 Å². The minimum atomic E-state index is -1.10. The number of fused-ring (bicyclic) bond motifs is 1. The van der Waals surface area contributed by atoms with Crippen molar-refractivity contribution in [3.05, 3.63) is 70.4 Å². The highest BCUT2D eigenvalue weighted by Gasteiger charge is 2.21. The highest BCUT2D eigenvalue weighted by atomic mass is 32.1. The van der Waals surface area contributed by atoms with Gasteiger partial charge in [-0.25, -0.2) is 13.8 Å². The summed E-state index contributed by atoms with van der Waals surface area (Å²) >= 11 is 1.23. The molecule has 2 heterocycles. The summed E-state index contributed by atoms with van der Waals surface area (Å²) in [6, 6.07) is 9.24. The van der Waals surface area contributed by atoms with Crippen molar-refractivity contribution in [3.63, 3.8) is 0 Å². The Hall–Kier alpha value is -3.83. The van der Waals surface area contributed by atoms with Crippen LogP contribution < -0.4 is 4.74 Å². The van der Waals surface area contributed by atoms with Gasteiger partial charge in [0, 0.05) is 24.0 Å². The molecule has 11 heteroatoms. The van der Waals surface area contributed by atoms with E-state index in [0.717, 1.165) is 6.07 Å². The molecule has 36 heavy (non-hydrogen) atoms. The highest BCUT2D eigenvalue weighted by molar-refractivity contribution is 7.09. The van der Waals surface area contributed by atoms with Gasteiger partial charge in [0.1, 0.15) is 35.2 Å². The Morgan fingerprint density at radius 2 is 1.89 bits per heavy atom. The Bertz CT molecular complexity index is 1380. The number of hydrogen-bond donors (Lipinski definition) is 1. The monoisotopic (exact) mass is 515 g/mol. The number of carboxylic acids is 1. The van der Waals surface area contributed by atoms with Crippen LogP contribution in [0, 0.1) is 11.6 Å². The molecule has 0 spiro atoms. The SMILES string of the molecule is CN(C)CCN(CC(=O)O)C(=O)c1csc(COc2ccc(-c3cc(F)c(F)c4ccoc34)cc2)n1. The van der Waals surface area contributed by atoms with Gasteiger partial charge in [0.05, 0.1) is 11.6 Å². The van der Waals surface area contributed by atoms with Gasteiger partial charge in [-0.1, -0.05) is 12.1 Å². The van der Waals surface area contributed by atoms with Gasteiger partial charge < -0.3 is 24.1 Å². The molecule has 0 radical (unpaired) electrons. The van der Waals surface area contributed by atoms with Crippen LogP contribution in [0.2, 0.25) is 0 Å². The van der Waals surface area contributed by atoms with E-state index < -0.39 is 30.1 Å². The lowest BCUT2D eigenvalue weighted by atomic mass is 10.0. The van der Waals surface area contributed by atoms with E-state index in [-0.39, 0.29) is 29.8 Å². The molecular weight excluding hydrogens is 492 g/mol. The third-order valence-electron chi connectivity index (χ3n) is 5.36. The molecule has 4 rings (SSSR count). The first-order valence-electron chi connectivity index (χ1n) is 10.9. The number of aromatic nitrogens is 1. The predicted molar refractivity (Wildman–Crippen MR) is 130 cm³/mol. The predicted octanol–water partition coefficient (Wildman–Crippen LogP) is 4.50. The maximum atomic E-state index is 14.0. The Morgan fingerprint density at radius 3 is 2.58 bits per heavy atom. The van der Waals surface area contributed by atoms with Crippen molar-refractivity contribution in [3.8, 4) is 16.9 Å². The van der Waals surface area contributed by atoms with E-state index in [2.05, 4.69) is 4.98 Å². The third kappa shape index (κ3) is 5.69. The van der Waals surface area contributed by atoms with Crippen LogP contribution >= 0.6 is 11.3 Å². The van der Waals surface area contributed by atoms with Gasteiger partial charge in [-0.15, -0.1) is 11.3 Å². The van der Waals surface area contributed by atoms with Gasteiger partial charge in [0.15, 0.2) is 11.6 Å². The van der Waals surface area contributed by atoms with E-state index in [4.69, 9.17) is 14.3 Å². The van der Waals surface area contributed by atoms with Crippen LogP contribution in [0.5, 0.6) is 5.75 Å². The van der Waals surface area contributed by atoms with Gasteiger partial charge >= 0.3 is 5.97 Å². The first-order chi connectivity index (χ1) is 17.2. The summed E-state index contributed by atoms with van der Waals surface area (Å²) in [5.41, 5.74) is 1.46. The fourth-order valence-corrected chi connectivity index (χ4v) is 4.22. The molecular formula is C25H23F2N3O5S. The van der Waals surface area contributed by atoms with Crippen LogP contribution in [0.25, 0.3) is 22.1 Å². The van der Waals surface area contributed by atoms with Crippen molar-refractivity contribution < 1.29 is 32.6 Å². The number of ether oxygens (including phenoxy) is 1. The van der Waals surface area contributed by atoms with Crippen molar-refractivity contribution >= 4 is 34.2 Å². The van der Waals surface area contributed by atoms with Gasteiger partial charge in [0.25, 0.3) is 5.91 Å². The van der Waals surface area contributed by atoms with E-state index in [0.29, 0.717) is 28.4 Å². The summed E-state index contributed by atoms with van der Waals surface area (Å²) in [4.78, 5) is 31.3. The van der Waals surface area contributed by atoms with Crippen LogP contribution in [-0.2, 0) is 11.4 Å².